The van der Waals surface area contributed by atoms with E-state index >= 15 is 0 Å². The fraction of sp³-hybridized carbons (Fsp3) is 0.304. The van der Waals surface area contributed by atoms with Crippen LogP contribution in [0.25, 0.3) is 5.57 Å². The van der Waals surface area contributed by atoms with Crippen LogP contribution >= 0.6 is 11.6 Å². The number of likely N-dealkylation sites (N-methyl/N-ethyl adjacent to an activating group) is 1. The molecule has 0 N–H and O–H groups in total. The van der Waals surface area contributed by atoms with Crippen molar-refractivity contribution in [2.75, 3.05) is 25.1 Å². The highest BCUT2D eigenvalue weighted by atomic mass is 35.5. The van der Waals surface area contributed by atoms with Crippen LogP contribution in [-0.4, -0.2) is 43.0 Å². The van der Waals surface area contributed by atoms with E-state index in [1.54, 1.807) is 36.2 Å². The number of imide groups is 1. The van der Waals surface area contributed by atoms with Gasteiger partial charge in [0, 0.05) is 30.9 Å². The number of ether oxygens (including phenoxy) is 1. The molecule has 1 aliphatic rings. The highest BCUT2D eigenvalue weighted by molar-refractivity contribution is 6.37. The molecule has 0 spiro atoms. The van der Waals surface area contributed by atoms with Gasteiger partial charge in [0.2, 0.25) is 0 Å². The van der Waals surface area contributed by atoms with Crippen LogP contribution in [0.1, 0.15) is 25.8 Å². The van der Waals surface area contributed by atoms with Crippen LogP contribution in [-0.2, 0) is 14.3 Å². The molecule has 0 radical (unpaired) electrons. The summed E-state index contributed by atoms with van der Waals surface area (Å²) in [4.78, 5) is 29.6. The Hall–Kier alpha value is -2.63. The van der Waals surface area contributed by atoms with Gasteiger partial charge in [0.1, 0.15) is 5.70 Å². The Morgan fingerprint density at radius 3 is 2.28 bits per heavy atom. The molecule has 2 amide bonds. The molecule has 5 nitrogen and oxygen atoms in total. The van der Waals surface area contributed by atoms with Gasteiger partial charge in [-0.15, -0.1) is 0 Å². The zero-order valence-corrected chi connectivity index (χ0v) is 17.6. The highest BCUT2D eigenvalue weighted by Crippen LogP contribution is 2.33. The Morgan fingerprint density at radius 1 is 1.00 bits per heavy atom. The molecule has 0 atom stereocenters. The van der Waals surface area contributed by atoms with Crippen molar-refractivity contribution in [1.82, 2.24) is 4.90 Å². The van der Waals surface area contributed by atoms with Gasteiger partial charge in [0.25, 0.3) is 11.8 Å². The van der Waals surface area contributed by atoms with Crippen LogP contribution in [0.5, 0.6) is 0 Å². The van der Waals surface area contributed by atoms with E-state index in [2.05, 4.69) is 0 Å². The smallest absolute Gasteiger partial charge is 0.278 e. The molecule has 1 heterocycles. The molecular weight excluding hydrogens is 388 g/mol. The van der Waals surface area contributed by atoms with Crippen molar-refractivity contribution in [1.29, 1.82) is 0 Å². The summed E-state index contributed by atoms with van der Waals surface area (Å²) in [5, 5.41) is 0.576. The molecule has 29 heavy (non-hydrogen) atoms. The quantitative estimate of drug-likeness (QED) is 0.477. The number of benzene rings is 2. The van der Waals surface area contributed by atoms with Gasteiger partial charge in [-0.05, 0) is 50.1 Å². The summed E-state index contributed by atoms with van der Waals surface area (Å²) >= 11 is 6.01. The Kier molecular flexibility index (Phi) is 6.72. The van der Waals surface area contributed by atoms with Gasteiger partial charge >= 0.3 is 0 Å². The molecule has 0 saturated heterocycles. The molecule has 1 aliphatic heterocycles. The molecule has 0 bridgehead atoms. The fourth-order valence-electron chi connectivity index (χ4n) is 3.28. The Labute approximate surface area is 176 Å². The third-order valence-corrected chi connectivity index (χ3v) is 4.98. The summed E-state index contributed by atoms with van der Waals surface area (Å²) in [6, 6.07) is 16.5. The number of halogens is 1. The zero-order valence-electron chi connectivity index (χ0n) is 16.9. The normalized spacial score (nSPS) is 14.3. The Balaban J connectivity index is 1.94. The third-order valence-electron chi connectivity index (χ3n) is 4.73. The Bertz CT molecular complexity index is 907. The van der Waals surface area contributed by atoms with Crippen LogP contribution < -0.4 is 4.90 Å². The largest absolute Gasteiger partial charge is 0.379 e. The number of para-hydroxylation sites is 1. The second-order valence-corrected chi connectivity index (χ2v) is 7.60. The molecule has 152 valence electrons. The lowest BCUT2D eigenvalue weighted by atomic mass is 10.0. The maximum absolute atomic E-state index is 13.2. The highest BCUT2D eigenvalue weighted by Gasteiger charge is 2.40. The number of rotatable bonds is 8. The molecule has 0 fully saturated rings. The predicted molar refractivity (Wildman–Crippen MR) is 116 cm³/mol. The lowest BCUT2D eigenvalue weighted by Crippen LogP contribution is -2.35. The first-order valence-electron chi connectivity index (χ1n) is 9.67. The molecule has 0 saturated carbocycles. The lowest BCUT2D eigenvalue weighted by Gasteiger charge is -2.21. The van der Waals surface area contributed by atoms with Gasteiger partial charge in [0.15, 0.2) is 0 Å². The topological polar surface area (TPSA) is 49.9 Å². The van der Waals surface area contributed by atoms with Crippen molar-refractivity contribution >= 4 is 34.7 Å². The monoisotopic (exact) mass is 412 g/mol. The van der Waals surface area contributed by atoms with Crippen molar-refractivity contribution in [3.05, 3.63) is 70.9 Å². The maximum Gasteiger partial charge on any atom is 0.278 e. The molecule has 6 heteroatoms. The second kappa shape index (κ2) is 9.25. The minimum Gasteiger partial charge on any atom is -0.379 e. The lowest BCUT2D eigenvalue weighted by molar-refractivity contribution is -0.137. The average molecular weight is 413 g/mol. The van der Waals surface area contributed by atoms with Gasteiger partial charge < -0.3 is 9.64 Å². The van der Waals surface area contributed by atoms with E-state index in [0.29, 0.717) is 41.4 Å². The van der Waals surface area contributed by atoms with Crippen molar-refractivity contribution < 1.29 is 14.3 Å². The molecule has 0 aromatic heterocycles. The number of hydrogen-bond acceptors (Lipinski definition) is 4. The van der Waals surface area contributed by atoms with Crippen LogP contribution in [0, 0.1) is 0 Å². The summed E-state index contributed by atoms with van der Waals surface area (Å²) in [6.45, 7) is 4.72. The van der Waals surface area contributed by atoms with Crippen LogP contribution in [0.2, 0.25) is 5.02 Å². The van der Waals surface area contributed by atoms with Crippen LogP contribution in [0.4, 0.5) is 5.69 Å². The average Bonchev–Trinajstić information content (AvgIpc) is 2.96. The standard InChI is InChI=1S/C23H25ClN2O3/c1-16(2)29-15-7-14-26-22(27)20(17-10-12-18(24)13-11-17)21(23(26)28)25(3)19-8-5-4-6-9-19/h4-6,8-13,16H,7,14-15H2,1-3H3. The van der Waals surface area contributed by atoms with Gasteiger partial charge in [-0.2, -0.15) is 0 Å². The summed E-state index contributed by atoms with van der Waals surface area (Å²) in [5.74, 6) is -0.587. The summed E-state index contributed by atoms with van der Waals surface area (Å²) in [5.41, 5.74) is 2.27. The number of hydrogen-bond donors (Lipinski definition) is 0. The summed E-state index contributed by atoms with van der Waals surface area (Å²) < 4.78 is 5.55. The summed E-state index contributed by atoms with van der Waals surface area (Å²) in [7, 11) is 1.80. The maximum atomic E-state index is 13.2. The van der Waals surface area contributed by atoms with E-state index in [0.717, 1.165) is 5.69 Å². The van der Waals surface area contributed by atoms with E-state index < -0.39 is 0 Å². The number of carbonyl (C=O) groups excluding carboxylic acids is 2. The van der Waals surface area contributed by atoms with Gasteiger partial charge in [-0.1, -0.05) is 41.9 Å². The number of amides is 2. The van der Waals surface area contributed by atoms with Gasteiger partial charge in [-0.3, -0.25) is 14.5 Å². The Morgan fingerprint density at radius 2 is 1.66 bits per heavy atom. The van der Waals surface area contributed by atoms with E-state index in [1.165, 1.54) is 4.90 Å². The van der Waals surface area contributed by atoms with E-state index in [1.807, 2.05) is 44.2 Å². The predicted octanol–water partition coefficient (Wildman–Crippen LogP) is 4.37. The first kappa shape index (κ1) is 21.1. The van der Waals surface area contributed by atoms with Crippen molar-refractivity contribution in [2.45, 2.75) is 26.4 Å². The first-order valence-corrected chi connectivity index (χ1v) is 10.0. The van der Waals surface area contributed by atoms with Crippen molar-refractivity contribution in [3.8, 4) is 0 Å². The molecule has 0 aliphatic carbocycles. The van der Waals surface area contributed by atoms with Gasteiger partial charge in [0.05, 0.1) is 11.7 Å². The van der Waals surface area contributed by atoms with Crippen molar-refractivity contribution in [3.63, 3.8) is 0 Å². The molecule has 2 aromatic rings. The first-order chi connectivity index (χ1) is 13.9. The molecule has 0 unspecified atom stereocenters. The number of carbonyl (C=O) groups is 2. The third kappa shape index (κ3) is 4.69. The number of anilines is 1. The molecule has 3 rings (SSSR count). The van der Waals surface area contributed by atoms with Crippen LogP contribution in [0.15, 0.2) is 60.3 Å². The number of nitrogens with zero attached hydrogens (tertiary/aromatic N) is 2. The SMILES string of the molecule is CC(C)OCCCN1C(=O)C(c2ccc(Cl)cc2)=C(N(C)c2ccccc2)C1=O. The summed E-state index contributed by atoms with van der Waals surface area (Å²) in [6.07, 6.45) is 0.703. The van der Waals surface area contributed by atoms with E-state index in [-0.39, 0.29) is 17.9 Å². The molecule has 2 aromatic carbocycles. The fourth-order valence-corrected chi connectivity index (χ4v) is 3.40. The molecular formula is C23H25ClN2O3. The van der Waals surface area contributed by atoms with Crippen molar-refractivity contribution in [2.24, 2.45) is 0 Å². The van der Waals surface area contributed by atoms with E-state index in [9.17, 15) is 9.59 Å². The zero-order chi connectivity index (χ0) is 21.0. The second-order valence-electron chi connectivity index (χ2n) is 7.16. The minimum atomic E-state index is -0.296. The van der Waals surface area contributed by atoms with Gasteiger partial charge in [-0.25, -0.2) is 0 Å². The van der Waals surface area contributed by atoms with E-state index in [4.69, 9.17) is 16.3 Å². The minimum absolute atomic E-state index is 0.113. The van der Waals surface area contributed by atoms with Crippen LogP contribution in [0.3, 0.4) is 0 Å².